The van der Waals surface area contributed by atoms with Gasteiger partial charge in [-0.15, -0.1) is 11.3 Å². The molecule has 0 aliphatic rings. The minimum atomic E-state index is 0.0848. The first-order valence-electron chi connectivity index (χ1n) is 5.98. The number of nitrogens with zero attached hydrogens (tertiary/aromatic N) is 2. The van der Waals surface area contributed by atoms with Gasteiger partial charge in [0.1, 0.15) is 5.01 Å². The number of para-hydroxylation sites is 1. The first kappa shape index (κ1) is 11.4. The highest BCUT2D eigenvalue weighted by Gasteiger charge is 2.05. The Morgan fingerprint density at radius 2 is 2.17 bits per heavy atom. The second kappa shape index (κ2) is 4.55. The standard InChI is InChI=1S/C14H15N3S/c1-10(15)11-6-7-17(8-11)9-14-16-12-4-2-3-5-13(12)18-14/h2-8,10H,9,15H2,1H3. The highest BCUT2D eigenvalue weighted by molar-refractivity contribution is 7.18. The second-order valence-corrected chi connectivity index (χ2v) is 5.60. The van der Waals surface area contributed by atoms with Crippen molar-refractivity contribution < 1.29 is 0 Å². The maximum absolute atomic E-state index is 5.86. The molecule has 3 rings (SSSR count). The summed E-state index contributed by atoms with van der Waals surface area (Å²) in [7, 11) is 0. The van der Waals surface area contributed by atoms with Crippen molar-refractivity contribution in [3.05, 3.63) is 53.3 Å². The van der Waals surface area contributed by atoms with Gasteiger partial charge in [0.05, 0.1) is 16.8 Å². The molecule has 0 saturated heterocycles. The normalized spacial score (nSPS) is 13.0. The van der Waals surface area contributed by atoms with Gasteiger partial charge in [-0.3, -0.25) is 0 Å². The third-order valence-corrected chi connectivity index (χ3v) is 3.98. The first-order chi connectivity index (χ1) is 8.72. The number of fused-ring (bicyclic) bond motifs is 1. The molecular weight excluding hydrogens is 242 g/mol. The van der Waals surface area contributed by atoms with E-state index in [0.717, 1.165) is 22.6 Å². The molecule has 2 N–H and O–H groups in total. The van der Waals surface area contributed by atoms with Crippen molar-refractivity contribution in [1.82, 2.24) is 9.55 Å². The molecule has 1 atom stereocenters. The third-order valence-electron chi connectivity index (χ3n) is 2.96. The van der Waals surface area contributed by atoms with Crippen molar-refractivity contribution in [2.45, 2.75) is 19.5 Å². The van der Waals surface area contributed by atoms with Crippen LogP contribution in [0.15, 0.2) is 42.7 Å². The molecule has 3 nitrogen and oxygen atoms in total. The Morgan fingerprint density at radius 1 is 1.33 bits per heavy atom. The fourth-order valence-electron chi connectivity index (χ4n) is 1.97. The van der Waals surface area contributed by atoms with Crippen molar-refractivity contribution in [1.29, 1.82) is 0 Å². The average molecular weight is 257 g/mol. The van der Waals surface area contributed by atoms with Crippen molar-refractivity contribution in [3.63, 3.8) is 0 Å². The monoisotopic (exact) mass is 257 g/mol. The molecule has 0 saturated carbocycles. The highest BCUT2D eigenvalue weighted by atomic mass is 32.1. The topological polar surface area (TPSA) is 43.8 Å². The van der Waals surface area contributed by atoms with E-state index in [9.17, 15) is 0 Å². The van der Waals surface area contributed by atoms with Gasteiger partial charge in [-0.25, -0.2) is 4.98 Å². The summed E-state index contributed by atoms with van der Waals surface area (Å²) in [6.07, 6.45) is 4.15. The third kappa shape index (κ3) is 2.17. The summed E-state index contributed by atoms with van der Waals surface area (Å²) in [5.41, 5.74) is 8.10. The molecule has 2 heterocycles. The van der Waals surface area contributed by atoms with Crippen molar-refractivity contribution in [2.75, 3.05) is 0 Å². The smallest absolute Gasteiger partial charge is 0.114 e. The van der Waals surface area contributed by atoms with E-state index in [4.69, 9.17) is 5.73 Å². The van der Waals surface area contributed by atoms with E-state index in [-0.39, 0.29) is 6.04 Å². The van der Waals surface area contributed by atoms with Crippen LogP contribution in [0, 0.1) is 0 Å². The van der Waals surface area contributed by atoms with Crippen LogP contribution in [0.3, 0.4) is 0 Å². The van der Waals surface area contributed by atoms with Gasteiger partial charge in [0.15, 0.2) is 0 Å². The largest absolute Gasteiger partial charge is 0.347 e. The summed E-state index contributed by atoms with van der Waals surface area (Å²) < 4.78 is 3.38. The lowest BCUT2D eigenvalue weighted by atomic mass is 10.2. The van der Waals surface area contributed by atoms with Crippen LogP contribution in [0.5, 0.6) is 0 Å². The van der Waals surface area contributed by atoms with Gasteiger partial charge in [-0.2, -0.15) is 0 Å². The first-order valence-corrected chi connectivity index (χ1v) is 6.80. The maximum Gasteiger partial charge on any atom is 0.114 e. The van der Waals surface area contributed by atoms with Gasteiger partial charge in [0.25, 0.3) is 0 Å². The Morgan fingerprint density at radius 3 is 2.89 bits per heavy atom. The number of aromatic nitrogens is 2. The molecule has 0 amide bonds. The van der Waals surface area contributed by atoms with Crippen molar-refractivity contribution in [2.24, 2.45) is 5.73 Å². The Bertz CT molecular complexity index is 633. The van der Waals surface area contributed by atoms with Crippen LogP contribution in [0.2, 0.25) is 0 Å². The summed E-state index contributed by atoms with van der Waals surface area (Å²) in [4.78, 5) is 4.63. The van der Waals surface area contributed by atoms with Crippen LogP contribution in [0.4, 0.5) is 0 Å². The Labute approximate surface area is 110 Å². The van der Waals surface area contributed by atoms with Gasteiger partial charge < -0.3 is 10.3 Å². The number of thiazole rings is 1. The maximum atomic E-state index is 5.86. The molecule has 0 radical (unpaired) electrons. The molecule has 4 heteroatoms. The molecule has 1 unspecified atom stereocenters. The zero-order chi connectivity index (χ0) is 12.5. The Hall–Kier alpha value is -1.65. The molecule has 1 aromatic carbocycles. The molecule has 0 bridgehead atoms. The van der Waals surface area contributed by atoms with Crippen LogP contribution in [0.1, 0.15) is 23.5 Å². The van der Waals surface area contributed by atoms with E-state index in [2.05, 4.69) is 40.1 Å². The molecular formula is C14H15N3S. The summed E-state index contributed by atoms with van der Waals surface area (Å²) in [6.45, 7) is 2.81. The van der Waals surface area contributed by atoms with Crippen LogP contribution < -0.4 is 5.73 Å². The molecule has 3 aromatic rings. The number of benzene rings is 1. The van der Waals surface area contributed by atoms with Gasteiger partial charge in [0, 0.05) is 18.4 Å². The number of rotatable bonds is 3. The van der Waals surface area contributed by atoms with E-state index in [0.29, 0.717) is 0 Å². The second-order valence-electron chi connectivity index (χ2n) is 4.48. The van der Waals surface area contributed by atoms with Crippen molar-refractivity contribution >= 4 is 21.6 Å². The van der Waals surface area contributed by atoms with E-state index >= 15 is 0 Å². The average Bonchev–Trinajstić information content (AvgIpc) is 2.94. The molecule has 18 heavy (non-hydrogen) atoms. The quantitative estimate of drug-likeness (QED) is 0.783. The Balaban J connectivity index is 1.86. The number of hydrogen-bond acceptors (Lipinski definition) is 3. The molecule has 2 aromatic heterocycles. The van der Waals surface area contributed by atoms with Crippen LogP contribution in [0.25, 0.3) is 10.2 Å². The lowest BCUT2D eigenvalue weighted by molar-refractivity contribution is 0.775. The number of nitrogens with two attached hydrogens (primary N) is 1. The summed E-state index contributed by atoms with van der Waals surface area (Å²) in [5, 5.41) is 1.13. The zero-order valence-corrected chi connectivity index (χ0v) is 11.0. The predicted molar refractivity (Wildman–Crippen MR) is 75.8 cm³/mol. The zero-order valence-electron chi connectivity index (χ0n) is 10.2. The molecule has 0 fully saturated rings. The number of hydrogen-bond donors (Lipinski definition) is 1. The van der Waals surface area contributed by atoms with Crippen LogP contribution in [-0.4, -0.2) is 9.55 Å². The molecule has 0 aliphatic carbocycles. The summed E-state index contributed by atoms with van der Waals surface area (Å²) in [5.74, 6) is 0. The molecule has 92 valence electrons. The van der Waals surface area contributed by atoms with Crippen LogP contribution in [-0.2, 0) is 6.54 Å². The SMILES string of the molecule is CC(N)c1ccn(Cc2nc3ccccc3s2)c1. The van der Waals surface area contributed by atoms with Gasteiger partial charge in [0.2, 0.25) is 0 Å². The lowest BCUT2D eigenvalue weighted by Crippen LogP contribution is -2.03. The fourth-order valence-corrected chi connectivity index (χ4v) is 2.95. The summed E-state index contributed by atoms with van der Waals surface area (Å²) >= 11 is 1.75. The Kier molecular flexibility index (Phi) is 2.89. The fraction of sp³-hybridized carbons (Fsp3) is 0.214. The van der Waals surface area contributed by atoms with E-state index in [1.807, 2.05) is 19.1 Å². The van der Waals surface area contributed by atoms with E-state index in [1.54, 1.807) is 11.3 Å². The van der Waals surface area contributed by atoms with Gasteiger partial charge in [-0.05, 0) is 30.7 Å². The lowest BCUT2D eigenvalue weighted by Gasteiger charge is -2.01. The molecule has 0 spiro atoms. The minimum Gasteiger partial charge on any atom is -0.347 e. The van der Waals surface area contributed by atoms with Gasteiger partial charge in [-0.1, -0.05) is 12.1 Å². The van der Waals surface area contributed by atoms with Crippen LogP contribution >= 0.6 is 11.3 Å². The summed E-state index contributed by atoms with van der Waals surface area (Å²) in [6, 6.07) is 10.4. The van der Waals surface area contributed by atoms with Crippen molar-refractivity contribution in [3.8, 4) is 0 Å². The minimum absolute atomic E-state index is 0.0848. The van der Waals surface area contributed by atoms with E-state index < -0.39 is 0 Å². The predicted octanol–water partition coefficient (Wildman–Crippen LogP) is 3.17. The highest BCUT2D eigenvalue weighted by Crippen LogP contribution is 2.22. The molecule has 0 aliphatic heterocycles. The van der Waals surface area contributed by atoms with E-state index in [1.165, 1.54) is 4.70 Å². The van der Waals surface area contributed by atoms with Gasteiger partial charge >= 0.3 is 0 Å².